The van der Waals surface area contributed by atoms with Crippen molar-refractivity contribution in [2.75, 3.05) is 0 Å². The van der Waals surface area contributed by atoms with Gasteiger partial charge in [0.1, 0.15) is 5.75 Å². The van der Waals surface area contributed by atoms with E-state index in [9.17, 15) is 4.79 Å². The number of hydrogen-bond donors (Lipinski definition) is 1. The Labute approximate surface area is 152 Å². The van der Waals surface area contributed by atoms with Gasteiger partial charge in [0.05, 0.1) is 0 Å². The summed E-state index contributed by atoms with van der Waals surface area (Å²) in [5.41, 5.74) is 3.56. The molecule has 0 aliphatic rings. The molecular weight excluding hydrogens is 324 g/mol. The Morgan fingerprint density at radius 2 is 1.73 bits per heavy atom. The molecule has 4 heteroatoms. The smallest absolute Gasteiger partial charge is 0.280 e. The second kappa shape index (κ2) is 8.62. The van der Waals surface area contributed by atoms with Gasteiger partial charge >= 0.3 is 0 Å². The number of carbonyl (C=O) groups is 1. The largest absolute Gasteiger partial charge is 0.480 e. The highest BCUT2D eigenvalue weighted by molar-refractivity contribution is 5.89. The lowest BCUT2D eigenvalue weighted by Crippen LogP contribution is -2.33. The van der Waals surface area contributed by atoms with Crippen LogP contribution in [0.1, 0.15) is 12.5 Å². The summed E-state index contributed by atoms with van der Waals surface area (Å²) in [5.74, 6) is 0.376. The van der Waals surface area contributed by atoms with Crippen molar-refractivity contribution in [3.8, 4) is 5.75 Å². The average Bonchev–Trinajstić information content (AvgIpc) is 2.68. The summed E-state index contributed by atoms with van der Waals surface area (Å²) in [6.07, 6.45) is 4.56. The maximum atomic E-state index is 12.1. The van der Waals surface area contributed by atoms with Gasteiger partial charge in [0.25, 0.3) is 5.91 Å². The Balaban J connectivity index is 1.56. The minimum absolute atomic E-state index is 0.303. The highest BCUT2D eigenvalue weighted by atomic mass is 16.5. The van der Waals surface area contributed by atoms with Crippen molar-refractivity contribution in [1.82, 2.24) is 5.43 Å². The first kappa shape index (κ1) is 17.4. The van der Waals surface area contributed by atoms with Crippen LogP contribution in [0.5, 0.6) is 5.75 Å². The standard InChI is InChI=1S/C22H20N2O2/c1-17(26-21-15-7-13-19-12-5-6-14-20(19)21)22(25)24-23-16-8-11-18-9-3-2-4-10-18/h2-17H,1H3,(H,24,25)/b11-8+,23-16-/t17-/m1/s1. The van der Waals surface area contributed by atoms with Crippen molar-refractivity contribution in [3.63, 3.8) is 0 Å². The zero-order valence-corrected chi connectivity index (χ0v) is 14.5. The Morgan fingerprint density at radius 1 is 1.00 bits per heavy atom. The number of hydrazone groups is 1. The number of hydrogen-bond acceptors (Lipinski definition) is 3. The number of fused-ring (bicyclic) bond motifs is 1. The molecule has 0 aliphatic heterocycles. The Morgan fingerprint density at radius 3 is 2.58 bits per heavy atom. The molecule has 0 saturated carbocycles. The monoisotopic (exact) mass is 344 g/mol. The van der Waals surface area contributed by atoms with Crippen LogP contribution in [-0.4, -0.2) is 18.2 Å². The molecule has 0 radical (unpaired) electrons. The van der Waals surface area contributed by atoms with Gasteiger partial charge in [0.15, 0.2) is 6.10 Å². The lowest BCUT2D eigenvalue weighted by Gasteiger charge is -2.14. The minimum Gasteiger partial charge on any atom is -0.480 e. The van der Waals surface area contributed by atoms with E-state index in [0.29, 0.717) is 5.75 Å². The van der Waals surface area contributed by atoms with Crippen LogP contribution in [-0.2, 0) is 4.79 Å². The summed E-state index contributed by atoms with van der Waals surface area (Å²) in [5, 5.41) is 5.97. The lowest BCUT2D eigenvalue weighted by molar-refractivity contribution is -0.127. The molecular formula is C22H20N2O2. The Hall–Kier alpha value is -3.40. The van der Waals surface area contributed by atoms with Gasteiger partial charge < -0.3 is 4.74 Å². The van der Waals surface area contributed by atoms with Gasteiger partial charge in [-0.05, 0) is 30.0 Å². The van der Waals surface area contributed by atoms with Gasteiger partial charge in [-0.3, -0.25) is 4.79 Å². The number of allylic oxidation sites excluding steroid dienone is 1. The van der Waals surface area contributed by atoms with Gasteiger partial charge in [-0.2, -0.15) is 5.10 Å². The molecule has 4 nitrogen and oxygen atoms in total. The van der Waals surface area contributed by atoms with Crippen LogP contribution in [0.2, 0.25) is 0 Å². The number of nitrogens with zero attached hydrogens (tertiary/aromatic N) is 1. The molecule has 3 aromatic rings. The molecule has 0 aliphatic carbocycles. The normalized spacial score (nSPS) is 12.5. The molecule has 0 bridgehead atoms. The van der Waals surface area contributed by atoms with E-state index in [0.717, 1.165) is 16.3 Å². The minimum atomic E-state index is -0.656. The first-order chi connectivity index (χ1) is 12.7. The van der Waals surface area contributed by atoms with Crippen molar-refractivity contribution in [2.45, 2.75) is 13.0 Å². The van der Waals surface area contributed by atoms with E-state index in [2.05, 4.69) is 10.5 Å². The molecule has 0 fully saturated rings. The Bertz CT molecular complexity index is 928. The third-order valence-corrected chi connectivity index (χ3v) is 3.85. The van der Waals surface area contributed by atoms with E-state index in [1.54, 1.807) is 13.0 Å². The summed E-state index contributed by atoms with van der Waals surface area (Å²) in [6, 6.07) is 23.6. The van der Waals surface area contributed by atoms with E-state index < -0.39 is 6.10 Å². The summed E-state index contributed by atoms with van der Waals surface area (Å²) in [7, 11) is 0. The molecule has 26 heavy (non-hydrogen) atoms. The molecule has 1 N–H and O–H groups in total. The van der Waals surface area contributed by atoms with Crippen molar-refractivity contribution in [3.05, 3.63) is 84.4 Å². The molecule has 0 aromatic heterocycles. The summed E-state index contributed by atoms with van der Waals surface area (Å²) >= 11 is 0. The first-order valence-electron chi connectivity index (χ1n) is 8.43. The summed E-state index contributed by atoms with van der Waals surface area (Å²) in [4.78, 5) is 12.1. The zero-order chi connectivity index (χ0) is 18.2. The number of amides is 1. The fraction of sp³-hybridized carbons (Fsp3) is 0.0909. The molecule has 0 spiro atoms. The van der Waals surface area contributed by atoms with E-state index in [-0.39, 0.29) is 5.91 Å². The van der Waals surface area contributed by atoms with Crippen LogP contribution in [0, 0.1) is 0 Å². The molecule has 0 unspecified atom stereocenters. The third-order valence-electron chi connectivity index (χ3n) is 3.85. The number of rotatable bonds is 6. The van der Waals surface area contributed by atoms with E-state index in [4.69, 9.17) is 4.74 Å². The van der Waals surface area contributed by atoms with Crippen LogP contribution >= 0.6 is 0 Å². The molecule has 130 valence electrons. The van der Waals surface area contributed by atoms with Gasteiger partial charge in [-0.1, -0.05) is 72.8 Å². The molecule has 3 rings (SSSR count). The molecule has 3 aromatic carbocycles. The highest BCUT2D eigenvalue weighted by Crippen LogP contribution is 2.25. The van der Waals surface area contributed by atoms with E-state index in [1.807, 2.05) is 78.9 Å². The SMILES string of the molecule is C[C@@H](Oc1cccc2ccccc12)C(=O)N/N=C\C=C\c1ccccc1. The fourth-order valence-corrected chi connectivity index (χ4v) is 2.50. The van der Waals surface area contributed by atoms with Gasteiger partial charge in [-0.15, -0.1) is 0 Å². The highest BCUT2D eigenvalue weighted by Gasteiger charge is 2.15. The number of nitrogens with one attached hydrogen (secondary N) is 1. The summed E-state index contributed by atoms with van der Waals surface area (Å²) < 4.78 is 5.81. The second-order valence-electron chi connectivity index (χ2n) is 5.76. The topological polar surface area (TPSA) is 50.7 Å². The van der Waals surface area contributed by atoms with Crippen molar-refractivity contribution in [2.24, 2.45) is 5.10 Å². The fourth-order valence-electron chi connectivity index (χ4n) is 2.50. The molecule has 1 atom stereocenters. The maximum Gasteiger partial charge on any atom is 0.280 e. The predicted molar refractivity (Wildman–Crippen MR) is 106 cm³/mol. The number of carbonyl (C=O) groups excluding carboxylic acids is 1. The number of benzene rings is 3. The second-order valence-corrected chi connectivity index (χ2v) is 5.76. The zero-order valence-electron chi connectivity index (χ0n) is 14.5. The molecule has 0 saturated heterocycles. The lowest BCUT2D eigenvalue weighted by atomic mass is 10.1. The van der Waals surface area contributed by atoms with Crippen molar-refractivity contribution >= 4 is 29.0 Å². The van der Waals surface area contributed by atoms with Crippen LogP contribution < -0.4 is 10.2 Å². The molecule has 1 amide bonds. The van der Waals surface area contributed by atoms with Crippen LogP contribution in [0.25, 0.3) is 16.8 Å². The first-order valence-corrected chi connectivity index (χ1v) is 8.43. The van der Waals surface area contributed by atoms with Crippen LogP contribution in [0.15, 0.2) is 84.0 Å². The van der Waals surface area contributed by atoms with E-state index in [1.165, 1.54) is 6.21 Å². The van der Waals surface area contributed by atoms with Crippen molar-refractivity contribution in [1.29, 1.82) is 0 Å². The maximum absolute atomic E-state index is 12.1. The third kappa shape index (κ3) is 4.57. The van der Waals surface area contributed by atoms with Gasteiger partial charge in [0.2, 0.25) is 0 Å². The summed E-state index contributed by atoms with van der Waals surface area (Å²) in [6.45, 7) is 1.70. The molecule has 0 heterocycles. The van der Waals surface area contributed by atoms with E-state index >= 15 is 0 Å². The average molecular weight is 344 g/mol. The Kier molecular flexibility index (Phi) is 5.78. The van der Waals surface area contributed by atoms with Crippen molar-refractivity contribution < 1.29 is 9.53 Å². The van der Waals surface area contributed by atoms with Crippen LogP contribution in [0.3, 0.4) is 0 Å². The van der Waals surface area contributed by atoms with Gasteiger partial charge in [-0.25, -0.2) is 5.43 Å². The predicted octanol–water partition coefficient (Wildman–Crippen LogP) is 4.42. The van der Waals surface area contributed by atoms with Crippen LogP contribution in [0.4, 0.5) is 0 Å². The number of ether oxygens (including phenoxy) is 1. The quantitative estimate of drug-likeness (QED) is 0.531. The van der Waals surface area contributed by atoms with Gasteiger partial charge in [0, 0.05) is 11.6 Å².